The van der Waals surface area contributed by atoms with E-state index < -0.39 is 0 Å². The minimum Gasteiger partial charge on any atom is -0.302 e. The van der Waals surface area contributed by atoms with Gasteiger partial charge in [0.25, 0.3) is 0 Å². The summed E-state index contributed by atoms with van der Waals surface area (Å²) in [5.74, 6) is 0. The summed E-state index contributed by atoms with van der Waals surface area (Å²) in [6, 6.07) is 9.46. The van der Waals surface area contributed by atoms with Crippen molar-refractivity contribution in [3.8, 4) is 0 Å². The van der Waals surface area contributed by atoms with E-state index in [2.05, 4.69) is 12.6 Å². The van der Waals surface area contributed by atoms with Crippen LogP contribution in [0.25, 0.3) is 0 Å². The van der Waals surface area contributed by atoms with Crippen LogP contribution in [0.1, 0.15) is 10.8 Å². The molecule has 1 radical (unpaired) electrons. The summed E-state index contributed by atoms with van der Waals surface area (Å²) in [6.45, 7) is 0. The number of benzene rings is 1. The Kier molecular flexibility index (Phi) is 5.96. The molecule has 3 heteroatoms. The predicted octanol–water partition coefficient (Wildman–Crippen LogP) is 1.48. The molecule has 0 amide bonds. The SMILES string of the molecule is O=CC(S)c1ccccc1.[Na]. The molecule has 0 bridgehead atoms. The number of rotatable bonds is 2. The van der Waals surface area contributed by atoms with Crippen LogP contribution >= 0.6 is 12.6 Å². The first-order chi connectivity index (χ1) is 4.84. The van der Waals surface area contributed by atoms with E-state index in [1.165, 1.54) is 0 Å². The van der Waals surface area contributed by atoms with Crippen molar-refractivity contribution in [3.05, 3.63) is 35.9 Å². The van der Waals surface area contributed by atoms with Gasteiger partial charge >= 0.3 is 0 Å². The van der Waals surface area contributed by atoms with Crippen LogP contribution < -0.4 is 0 Å². The molecule has 0 aliphatic carbocycles. The molecule has 0 heterocycles. The summed E-state index contributed by atoms with van der Waals surface area (Å²) in [5, 5.41) is -0.277. The molecule has 1 atom stereocenters. The number of carbonyl (C=O) groups is 1. The largest absolute Gasteiger partial charge is 0.302 e. The van der Waals surface area contributed by atoms with E-state index in [1.54, 1.807) is 0 Å². The summed E-state index contributed by atoms with van der Waals surface area (Å²) in [4.78, 5) is 10.2. The number of aldehydes is 1. The average Bonchev–Trinajstić information content (AvgIpc) is 2.05. The van der Waals surface area contributed by atoms with Gasteiger partial charge < -0.3 is 4.79 Å². The number of hydrogen-bond acceptors (Lipinski definition) is 2. The van der Waals surface area contributed by atoms with Gasteiger partial charge in [-0.3, -0.25) is 0 Å². The van der Waals surface area contributed by atoms with Crippen molar-refractivity contribution in [3.63, 3.8) is 0 Å². The third kappa shape index (κ3) is 3.43. The Morgan fingerprint density at radius 1 is 1.27 bits per heavy atom. The number of thiol groups is 1. The second-order valence-corrected chi connectivity index (χ2v) is 2.55. The monoisotopic (exact) mass is 175 g/mol. The molecule has 0 saturated heterocycles. The van der Waals surface area contributed by atoms with Crippen molar-refractivity contribution < 1.29 is 4.79 Å². The van der Waals surface area contributed by atoms with Crippen LogP contribution in [0, 0.1) is 0 Å². The van der Waals surface area contributed by atoms with E-state index >= 15 is 0 Å². The molecule has 0 aromatic heterocycles. The third-order valence-electron chi connectivity index (χ3n) is 1.27. The van der Waals surface area contributed by atoms with Gasteiger partial charge in [0, 0.05) is 29.6 Å². The first-order valence-corrected chi connectivity index (χ1v) is 3.54. The van der Waals surface area contributed by atoms with Crippen LogP contribution in [0.5, 0.6) is 0 Å². The number of carbonyl (C=O) groups excluding carboxylic acids is 1. The molecular formula is C8H8NaOS. The van der Waals surface area contributed by atoms with Crippen molar-refractivity contribution in [2.24, 2.45) is 0 Å². The zero-order valence-electron chi connectivity index (χ0n) is 6.40. The van der Waals surface area contributed by atoms with Gasteiger partial charge in [0.2, 0.25) is 0 Å². The van der Waals surface area contributed by atoms with Gasteiger partial charge in [0.05, 0.1) is 5.25 Å². The quantitative estimate of drug-likeness (QED) is 0.409. The average molecular weight is 175 g/mol. The van der Waals surface area contributed by atoms with Crippen LogP contribution in [0.15, 0.2) is 30.3 Å². The van der Waals surface area contributed by atoms with Crippen LogP contribution in [0.4, 0.5) is 0 Å². The maximum atomic E-state index is 10.2. The van der Waals surface area contributed by atoms with Crippen LogP contribution in [0.3, 0.4) is 0 Å². The molecule has 0 fully saturated rings. The van der Waals surface area contributed by atoms with Gasteiger partial charge in [-0.15, -0.1) is 0 Å². The zero-order valence-corrected chi connectivity index (χ0v) is 9.29. The first-order valence-electron chi connectivity index (χ1n) is 3.03. The van der Waals surface area contributed by atoms with Crippen LogP contribution in [-0.4, -0.2) is 35.8 Å². The van der Waals surface area contributed by atoms with Gasteiger partial charge in [-0.05, 0) is 5.56 Å². The molecule has 1 aromatic carbocycles. The van der Waals surface area contributed by atoms with Gasteiger partial charge in [-0.1, -0.05) is 30.3 Å². The van der Waals surface area contributed by atoms with Crippen LogP contribution in [-0.2, 0) is 4.79 Å². The molecule has 0 aliphatic rings. The summed E-state index contributed by atoms with van der Waals surface area (Å²) in [7, 11) is 0. The molecule has 0 N–H and O–H groups in total. The Labute approximate surface area is 93.9 Å². The molecule has 1 unspecified atom stereocenters. The van der Waals surface area contributed by atoms with Gasteiger partial charge in [0.15, 0.2) is 0 Å². The Balaban J connectivity index is 0.000001000. The fourth-order valence-electron chi connectivity index (χ4n) is 0.729. The molecule has 0 spiro atoms. The summed E-state index contributed by atoms with van der Waals surface area (Å²) < 4.78 is 0. The topological polar surface area (TPSA) is 17.1 Å². The Hall–Kier alpha value is 0.240. The van der Waals surface area contributed by atoms with Crippen molar-refractivity contribution in [2.75, 3.05) is 0 Å². The first kappa shape index (κ1) is 11.2. The third-order valence-corrected chi connectivity index (χ3v) is 1.69. The molecule has 11 heavy (non-hydrogen) atoms. The van der Waals surface area contributed by atoms with E-state index in [4.69, 9.17) is 0 Å². The molecule has 1 nitrogen and oxygen atoms in total. The van der Waals surface area contributed by atoms with Crippen LogP contribution in [0.2, 0.25) is 0 Å². The Morgan fingerprint density at radius 3 is 2.27 bits per heavy atom. The smallest absolute Gasteiger partial charge is 0.137 e. The molecule has 0 aliphatic heterocycles. The normalized spacial score (nSPS) is 11.4. The maximum absolute atomic E-state index is 10.2. The molecule has 0 saturated carbocycles. The summed E-state index contributed by atoms with van der Waals surface area (Å²) in [6.07, 6.45) is 0.818. The van der Waals surface area contributed by atoms with Crippen molar-refractivity contribution in [1.82, 2.24) is 0 Å². The molecular weight excluding hydrogens is 167 g/mol. The molecule has 1 aromatic rings. The predicted molar refractivity (Wildman–Crippen MR) is 50.0 cm³/mol. The van der Waals surface area contributed by atoms with Crippen molar-refractivity contribution in [2.45, 2.75) is 5.25 Å². The summed E-state index contributed by atoms with van der Waals surface area (Å²) in [5.41, 5.74) is 0.945. The fourth-order valence-corrected chi connectivity index (χ4v) is 0.901. The number of hydrogen-bond donors (Lipinski definition) is 1. The minimum absolute atomic E-state index is 0. The van der Waals surface area contributed by atoms with E-state index in [1.807, 2.05) is 30.3 Å². The van der Waals surface area contributed by atoms with E-state index in [0.717, 1.165) is 11.8 Å². The maximum Gasteiger partial charge on any atom is 0.137 e. The molecule has 53 valence electrons. The second-order valence-electron chi connectivity index (χ2n) is 1.99. The minimum atomic E-state index is -0.277. The van der Waals surface area contributed by atoms with Crippen molar-refractivity contribution in [1.29, 1.82) is 0 Å². The zero-order chi connectivity index (χ0) is 7.40. The second kappa shape index (κ2) is 5.84. The Bertz CT molecular complexity index is 213. The van der Waals surface area contributed by atoms with Gasteiger partial charge in [0.1, 0.15) is 6.29 Å². The van der Waals surface area contributed by atoms with Gasteiger partial charge in [-0.2, -0.15) is 12.6 Å². The molecule has 1 rings (SSSR count). The van der Waals surface area contributed by atoms with E-state index in [-0.39, 0.29) is 34.8 Å². The summed E-state index contributed by atoms with van der Waals surface area (Å²) >= 11 is 4.05. The Morgan fingerprint density at radius 2 is 1.82 bits per heavy atom. The standard InChI is InChI=1S/C8H8OS.Na/c9-6-8(10)7-4-2-1-3-5-7;/h1-6,8,10H;. The fraction of sp³-hybridized carbons (Fsp3) is 0.125. The van der Waals surface area contributed by atoms with Gasteiger partial charge in [-0.25, -0.2) is 0 Å². The van der Waals surface area contributed by atoms with E-state index in [9.17, 15) is 4.79 Å². The van der Waals surface area contributed by atoms with Crippen molar-refractivity contribution >= 4 is 48.5 Å². The van der Waals surface area contributed by atoms with E-state index in [0.29, 0.717) is 0 Å².